The summed E-state index contributed by atoms with van der Waals surface area (Å²) < 4.78 is 0. The van der Waals surface area contributed by atoms with Crippen LogP contribution >= 0.6 is 0 Å². The van der Waals surface area contributed by atoms with Crippen LogP contribution in [0.1, 0.15) is 0 Å². The van der Waals surface area contributed by atoms with E-state index >= 15 is 0 Å². The zero-order chi connectivity index (χ0) is 48.6. The molecule has 0 bridgehead atoms. The molecule has 0 heterocycles. The molecule has 0 saturated carbocycles. The van der Waals surface area contributed by atoms with E-state index in [1.165, 1.54) is 0 Å². The molecule has 30 nitrogen and oxygen atoms in total. The van der Waals surface area contributed by atoms with Crippen LogP contribution in [0, 0.1) is 264 Å². The van der Waals surface area contributed by atoms with E-state index < -0.39 is 188 Å². The van der Waals surface area contributed by atoms with E-state index in [1.54, 1.807) is 0 Å². The Morgan fingerprint density at radius 1 is 0.134 bits per heavy atom. The van der Waals surface area contributed by atoms with Crippen molar-refractivity contribution in [1.29, 1.82) is 0 Å². The third-order valence-corrected chi connectivity index (χ3v) is 7.56. The molecule has 0 unspecified atom stereocenters. The van der Waals surface area contributed by atoms with Gasteiger partial charge in [-0.3, -0.25) is 0 Å². The third kappa shape index (κ3) is 49.2. The largest absolute Gasteiger partial charge is 0.394 e. The van der Waals surface area contributed by atoms with E-state index in [0.29, 0.717) is 0 Å². The summed E-state index contributed by atoms with van der Waals surface area (Å²) in [5.41, 5.74) is 0. The van der Waals surface area contributed by atoms with Crippen LogP contribution in [-0.4, -0.2) is 341 Å². The molecule has 426 valence electrons. The first-order valence-electron chi connectivity index (χ1n) is 17.4. The van der Waals surface area contributed by atoms with E-state index in [2.05, 4.69) is 0 Å². The fourth-order valence-electron chi connectivity index (χ4n) is 3.36. The SMILES string of the molecule is OC[C@@H](O)[C@@H](O)[C@H](O)[C@H](O)CO.OC[C@@H](O)[C@@H](O)[C@H](O)[C@H](O)CO.OC[C@@H](O)[C@@H](O)[C@H](O)[C@H](O)CO.OC[C@@H](O)[C@@H](O)[C@H](O)[C@H](O)CO.OC[C@@H](O)[C@@H](O)[C@H](O)[C@H](O)CO.[Ar].[Ar].[Ar].[Ar].[Ar].[Ar].[Ar]. The van der Waals surface area contributed by atoms with E-state index in [9.17, 15) is 0 Å². The van der Waals surface area contributed by atoms with Gasteiger partial charge in [-0.15, -0.1) is 0 Å². The minimum Gasteiger partial charge on any atom is -0.394 e. The molecule has 37 heteroatoms. The summed E-state index contributed by atoms with van der Waals surface area (Å²) in [5.74, 6) is 0. The van der Waals surface area contributed by atoms with Crippen molar-refractivity contribution in [2.45, 2.75) is 122 Å². The van der Waals surface area contributed by atoms with Crippen molar-refractivity contribution < 1.29 is 417 Å². The van der Waals surface area contributed by atoms with E-state index in [1.807, 2.05) is 0 Å². The maximum Gasteiger partial charge on any atom is 0.111 e. The van der Waals surface area contributed by atoms with Gasteiger partial charge in [0, 0.05) is 264 Å². The van der Waals surface area contributed by atoms with Crippen LogP contribution in [0.5, 0.6) is 0 Å². The smallest absolute Gasteiger partial charge is 0.111 e. The maximum absolute atomic E-state index is 8.96. The number of rotatable bonds is 25. The van der Waals surface area contributed by atoms with Crippen LogP contribution in [-0.2, 0) is 0 Å². The second kappa shape index (κ2) is 64.4. The van der Waals surface area contributed by atoms with Crippen molar-refractivity contribution in [2.75, 3.05) is 66.1 Å². The monoisotopic (exact) mass is 1190 g/mol. The summed E-state index contributed by atoms with van der Waals surface area (Å²) in [6.07, 6.45) is -32.0. The summed E-state index contributed by atoms with van der Waals surface area (Å²) in [6.45, 7) is -7.26. The summed E-state index contributed by atoms with van der Waals surface area (Å²) in [4.78, 5) is 0. The predicted octanol–water partition coefficient (Wildman–Crippen LogP) is -17.9. The van der Waals surface area contributed by atoms with Gasteiger partial charge in [0.2, 0.25) is 0 Å². The quantitative estimate of drug-likeness (QED) is 0.0404. The molecule has 0 spiro atoms. The molecule has 0 aromatic carbocycles. The summed E-state index contributed by atoms with van der Waals surface area (Å²) in [7, 11) is 0. The molecule has 0 fully saturated rings. The molecule has 67 heavy (non-hydrogen) atoms. The minimum absolute atomic E-state index is 0. The molecule has 0 aromatic rings. The van der Waals surface area contributed by atoms with Gasteiger partial charge in [-0.2, -0.15) is 0 Å². The number of aliphatic hydroxyl groups is 30. The van der Waals surface area contributed by atoms with E-state index in [-0.39, 0.29) is 264 Å². The van der Waals surface area contributed by atoms with Crippen LogP contribution < -0.4 is 0 Å². The summed E-state index contributed by atoms with van der Waals surface area (Å²) in [5, 5.41) is 261. The van der Waals surface area contributed by atoms with Crippen molar-refractivity contribution in [1.82, 2.24) is 0 Å². The van der Waals surface area contributed by atoms with Crippen LogP contribution in [0.25, 0.3) is 0 Å². The average Bonchev–Trinajstić information content (AvgIpc) is 3.28. The zero-order valence-corrected chi connectivity index (χ0v) is 39.5. The minimum atomic E-state index is -1.67. The van der Waals surface area contributed by atoms with Crippen LogP contribution in [0.4, 0.5) is 0 Å². The molecule has 0 aliphatic rings. The average molecular weight is 1190 g/mol. The standard InChI is InChI=1S/5C6H14O6.7Ar/c5*7-1-3(9)5(11)6(12)4(10)2-8;;;;;;;/h5*3-12H,1-2H2;;;;;;;/t5*3-,4-,5-,6-;;;;;;;/m11111......./s1. The van der Waals surface area contributed by atoms with Crippen LogP contribution in [0.2, 0.25) is 0 Å². The van der Waals surface area contributed by atoms with Gasteiger partial charge in [0.15, 0.2) is 0 Å². The zero-order valence-electron chi connectivity index (χ0n) is 34.5. The molecule has 0 amide bonds. The topological polar surface area (TPSA) is 607 Å². The molecule has 0 aliphatic carbocycles. The van der Waals surface area contributed by atoms with Gasteiger partial charge in [-0.1, -0.05) is 0 Å². The van der Waals surface area contributed by atoms with E-state index in [0.717, 1.165) is 0 Å². The van der Waals surface area contributed by atoms with Gasteiger partial charge in [0.25, 0.3) is 0 Å². The first kappa shape index (κ1) is 103. The van der Waals surface area contributed by atoms with Gasteiger partial charge < -0.3 is 153 Å². The molecule has 0 saturated heterocycles. The fraction of sp³-hybridized carbons (Fsp3) is 1.00. The van der Waals surface area contributed by atoms with Gasteiger partial charge in [-0.25, -0.2) is 0 Å². The third-order valence-electron chi connectivity index (χ3n) is 7.56. The second-order valence-corrected chi connectivity index (χ2v) is 12.4. The number of hydrogen-bond donors (Lipinski definition) is 30. The molecule has 0 aromatic heterocycles. The number of hydrogen-bond acceptors (Lipinski definition) is 30. The molecular weight excluding hydrogens is 1120 g/mol. The van der Waals surface area contributed by atoms with Gasteiger partial charge >= 0.3 is 0 Å². The Balaban J connectivity index is -0.0000000550. The first-order valence-corrected chi connectivity index (χ1v) is 17.4. The van der Waals surface area contributed by atoms with Crippen molar-refractivity contribution in [2.24, 2.45) is 0 Å². The van der Waals surface area contributed by atoms with Crippen LogP contribution in [0.15, 0.2) is 0 Å². The Kier molecular flexibility index (Phi) is 99.2. The molecule has 0 rings (SSSR count). The van der Waals surface area contributed by atoms with Gasteiger partial charge in [0.05, 0.1) is 66.1 Å². The van der Waals surface area contributed by atoms with Crippen molar-refractivity contribution in [3.05, 3.63) is 0 Å². The van der Waals surface area contributed by atoms with E-state index in [4.69, 9.17) is 153 Å². The molecule has 20 atom stereocenters. The van der Waals surface area contributed by atoms with Gasteiger partial charge in [0.1, 0.15) is 122 Å². The normalized spacial score (nSPS) is 19.3. The number of aliphatic hydroxyl groups excluding tert-OH is 30. The Bertz CT molecular complexity index is 718. The summed E-state index contributed by atoms with van der Waals surface area (Å²) in [6, 6.07) is 0. The molecule has 0 radical (unpaired) electrons. The Morgan fingerprint density at radius 2 is 0.179 bits per heavy atom. The first-order chi connectivity index (χ1) is 27.7. The molecular formula is C30H70Ar7O30. The van der Waals surface area contributed by atoms with Crippen molar-refractivity contribution in [3.63, 3.8) is 0 Å². The Labute approximate surface area is 594 Å². The van der Waals surface area contributed by atoms with Crippen molar-refractivity contribution in [3.8, 4) is 0 Å². The van der Waals surface area contributed by atoms with Crippen LogP contribution in [0.3, 0.4) is 0 Å². The van der Waals surface area contributed by atoms with Gasteiger partial charge in [-0.05, 0) is 0 Å². The summed E-state index contributed by atoms with van der Waals surface area (Å²) >= 11 is 0. The molecule has 30 N–H and O–H groups in total. The predicted molar refractivity (Wildman–Crippen MR) is 191 cm³/mol. The fourth-order valence-corrected chi connectivity index (χ4v) is 3.36. The second-order valence-electron chi connectivity index (χ2n) is 12.4. The Morgan fingerprint density at radius 3 is 0.209 bits per heavy atom. The Hall–Kier alpha value is 7.62. The molecule has 0 aliphatic heterocycles. The van der Waals surface area contributed by atoms with Crippen molar-refractivity contribution >= 4 is 0 Å². The maximum atomic E-state index is 8.96.